The predicted octanol–water partition coefficient (Wildman–Crippen LogP) is 4.46. The summed E-state index contributed by atoms with van der Waals surface area (Å²) in [6, 6.07) is 19.8. The number of ether oxygens (including phenoxy) is 2. The van der Waals surface area contributed by atoms with E-state index >= 15 is 0 Å². The van der Waals surface area contributed by atoms with Gasteiger partial charge in [0.1, 0.15) is 0 Å². The predicted molar refractivity (Wildman–Crippen MR) is 112 cm³/mol. The molecule has 3 aromatic rings. The molecule has 5 nitrogen and oxygen atoms in total. The molecular weight excluding hydrogens is 352 g/mol. The van der Waals surface area contributed by atoms with Crippen molar-refractivity contribution >= 4 is 16.8 Å². The van der Waals surface area contributed by atoms with Gasteiger partial charge in [0, 0.05) is 6.54 Å². The van der Waals surface area contributed by atoms with E-state index in [2.05, 4.69) is 34.9 Å². The number of urea groups is 1. The Balaban J connectivity index is 1.55. The van der Waals surface area contributed by atoms with E-state index in [1.54, 1.807) is 14.2 Å². The largest absolute Gasteiger partial charge is 0.493 e. The van der Waals surface area contributed by atoms with Gasteiger partial charge in [-0.1, -0.05) is 48.5 Å². The zero-order valence-electron chi connectivity index (χ0n) is 16.5. The zero-order chi connectivity index (χ0) is 19.9. The van der Waals surface area contributed by atoms with Gasteiger partial charge in [-0.05, 0) is 47.4 Å². The quantitative estimate of drug-likeness (QED) is 0.638. The summed E-state index contributed by atoms with van der Waals surface area (Å²) in [5.74, 6) is 1.38. The summed E-state index contributed by atoms with van der Waals surface area (Å²) >= 11 is 0. The molecule has 28 heavy (non-hydrogen) atoms. The molecule has 0 aromatic heterocycles. The van der Waals surface area contributed by atoms with Crippen molar-refractivity contribution < 1.29 is 14.3 Å². The Bertz CT molecular complexity index is 950. The molecule has 0 radical (unpaired) electrons. The molecule has 3 aromatic carbocycles. The number of fused-ring (bicyclic) bond motifs is 1. The van der Waals surface area contributed by atoms with Crippen LogP contribution in [-0.4, -0.2) is 26.8 Å². The standard InChI is InChI=1S/C23H26N2O3/c1-16(19-10-6-8-18-7-4-5-9-20(18)19)25-23(26)24-14-13-17-11-12-21(27-2)22(15-17)28-3/h4-12,15-16H,13-14H2,1-3H3,(H2,24,25,26). The van der Waals surface area contributed by atoms with Crippen molar-refractivity contribution in [2.45, 2.75) is 19.4 Å². The number of benzene rings is 3. The Morgan fingerprint density at radius 1 is 0.964 bits per heavy atom. The van der Waals surface area contributed by atoms with Gasteiger partial charge in [-0.3, -0.25) is 0 Å². The Hall–Kier alpha value is -3.21. The maximum Gasteiger partial charge on any atom is 0.315 e. The SMILES string of the molecule is COc1ccc(CCNC(=O)NC(C)c2cccc3ccccc23)cc1OC. The molecule has 5 heteroatoms. The molecule has 0 aliphatic heterocycles. The first-order valence-electron chi connectivity index (χ1n) is 9.35. The Labute approximate surface area is 165 Å². The number of methoxy groups -OCH3 is 2. The van der Waals surface area contributed by atoms with Crippen molar-refractivity contribution in [2.24, 2.45) is 0 Å². The second kappa shape index (κ2) is 9.13. The fraction of sp³-hybridized carbons (Fsp3) is 0.261. The van der Waals surface area contributed by atoms with Crippen LogP contribution in [0.1, 0.15) is 24.1 Å². The minimum Gasteiger partial charge on any atom is -0.493 e. The molecule has 1 atom stereocenters. The van der Waals surface area contributed by atoms with E-state index in [1.165, 1.54) is 5.39 Å². The van der Waals surface area contributed by atoms with E-state index in [0.717, 1.165) is 16.5 Å². The minimum atomic E-state index is -0.180. The Morgan fingerprint density at radius 2 is 1.71 bits per heavy atom. The van der Waals surface area contributed by atoms with Crippen LogP contribution < -0.4 is 20.1 Å². The Kier molecular flexibility index (Phi) is 6.37. The maximum absolute atomic E-state index is 12.3. The lowest BCUT2D eigenvalue weighted by Crippen LogP contribution is -2.38. The zero-order valence-corrected chi connectivity index (χ0v) is 16.5. The number of hydrogen-bond donors (Lipinski definition) is 2. The molecule has 0 saturated carbocycles. The van der Waals surface area contributed by atoms with Crippen molar-refractivity contribution in [3.8, 4) is 11.5 Å². The van der Waals surface area contributed by atoms with E-state index in [-0.39, 0.29) is 12.1 Å². The highest BCUT2D eigenvalue weighted by Crippen LogP contribution is 2.27. The number of rotatable bonds is 7. The van der Waals surface area contributed by atoms with Gasteiger partial charge in [0.25, 0.3) is 0 Å². The van der Waals surface area contributed by atoms with Crippen LogP contribution in [0.5, 0.6) is 11.5 Å². The first kappa shape index (κ1) is 19.5. The van der Waals surface area contributed by atoms with Crippen molar-refractivity contribution in [1.29, 1.82) is 0 Å². The van der Waals surface area contributed by atoms with Gasteiger partial charge < -0.3 is 20.1 Å². The van der Waals surface area contributed by atoms with Gasteiger partial charge in [-0.2, -0.15) is 0 Å². The number of carbonyl (C=O) groups excluding carboxylic acids is 1. The summed E-state index contributed by atoms with van der Waals surface area (Å²) < 4.78 is 10.6. The molecule has 146 valence electrons. The summed E-state index contributed by atoms with van der Waals surface area (Å²) in [4.78, 5) is 12.3. The lowest BCUT2D eigenvalue weighted by Gasteiger charge is -2.17. The lowest BCUT2D eigenvalue weighted by molar-refractivity contribution is 0.238. The van der Waals surface area contributed by atoms with E-state index in [4.69, 9.17) is 9.47 Å². The third-order valence-electron chi connectivity index (χ3n) is 4.78. The molecule has 2 amide bonds. The maximum atomic E-state index is 12.3. The van der Waals surface area contributed by atoms with Gasteiger partial charge in [-0.15, -0.1) is 0 Å². The van der Waals surface area contributed by atoms with E-state index < -0.39 is 0 Å². The molecule has 0 spiro atoms. The third kappa shape index (κ3) is 4.55. The van der Waals surface area contributed by atoms with Crippen LogP contribution in [0.25, 0.3) is 10.8 Å². The molecule has 2 N–H and O–H groups in total. The van der Waals surface area contributed by atoms with Crippen molar-refractivity contribution in [2.75, 3.05) is 20.8 Å². The Morgan fingerprint density at radius 3 is 2.50 bits per heavy atom. The van der Waals surface area contributed by atoms with Gasteiger partial charge in [0.15, 0.2) is 11.5 Å². The first-order valence-corrected chi connectivity index (χ1v) is 9.35. The second-order valence-corrected chi connectivity index (χ2v) is 6.63. The number of hydrogen-bond acceptors (Lipinski definition) is 3. The highest BCUT2D eigenvalue weighted by molar-refractivity contribution is 5.86. The number of carbonyl (C=O) groups is 1. The molecule has 0 heterocycles. The molecule has 0 aliphatic rings. The lowest BCUT2D eigenvalue weighted by atomic mass is 10.00. The van der Waals surface area contributed by atoms with Crippen LogP contribution in [0.15, 0.2) is 60.7 Å². The first-order chi connectivity index (χ1) is 13.6. The van der Waals surface area contributed by atoms with Crippen LogP contribution in [0, 0.1) is 0 Å². The summed E-state index contributed by atoms with van der Waals surface area (Å²) in [5.41, 5.74) is 2.17. The molecule has 0 bridgehead atoms. The second-order valence-electron chi connectivity index (χ2n) is 6.63. The van der Waals surface area contributed by atoms with Crippen LogP contribution in [-0.2, 0) is 6.42 Å². The topological polar surface area (TPSA) is 59.6 Å². The summed E-state index contributed by atoms with van der Waals surface area (Å²) in [5, 5.41) is 8.27. The smallest absolute Gasteiger partial charge is 0.315 e. The van der Waals surface area contributed by atoms with Gasteiger partial charge >= 0.3 is 6.03 Å². The molecule has 0 saturated heterocycles. The van der Waals surface area contributed by atoms with Crippen LogP contribution >= 0.6 is 0 Å². The van der Waals surface area contributed by atoms with E-state index in [1.807, 2.05) is 43.3 Å². The van der Waals surface area contributed by atoms with Crippen molar-refractivity contribution in [3.63, 3.8) is 0 Å². The van der Waals surface area contributed by atoms with Crippen molar-refractivity contribution in [3.05, 3.63) is 71.8 Å². The average Bonchev–Trinajstić information content (AvgIpc) is 2.73. The highest BCUT2D eigenvalue weighted by Gasteiger charge is 2.12. The average molecular weight is 378 g/mol. The van der Waals surface area contributed by atoms with Gasteiger partial charge in [0.05, 0.1) is 20.3 Å². The molecule has 3 rings (SSSR count). The van der Waals surface area contributed by atoms with Gasteiger partial charge in [-0.25, -0.2) is 4.79 Å². The summed E-state index contributed by atoms with van der Waals surface area (Å²) in [7, 11) is 3.22. The minimum absolute atomic E-state index is 0.0906. The van der Waals surface area contributed by atoms with Crippen LogP contribution in [0.3, 0.4) is 0 Å². The fourth-order valence-corrected chi connectivity index (χ4v) is 3.31. The third-order valence-corrected chi connectivity index (χ3v) is 4.78. The van der Waals surface area contributed by atoms with Crippen LogP contribution in [0.2, 0.25) is 0 Å². The summed E-state index contributed by atoms with van der Waals surface area (Å²) in [6.07, 6.45) is 0.705. The monoisotopic (exact) mass is 378 g/mol. The number of amides is 2. The highest BCUT2D eigenvalue weighted by atomic mass is 16.5. The van der Waals surface area contributed by atoms with Gasteiger partial charge in [0.2, 0.25) is 0 Å². The summed E-state index contributed by atoms with van der Waals surface area (Å²) in [6.45, 7) is 2.53. The normalized spacial score (nSPS) is 11.7. The molecule has 1 unspecified atom stereocenters. The van der Waals surface area contributed by atoms with E-state index in [9.17, 15) is 4.79 Å². The molecule has 0 aliphatic carbocycles. The van der Waals surface area contributed by atoms with Crippen LogP contribution in [0.4, 0.5) is 4.79 Å². The fourth-order valence-electron chi connectivity index (χ4n) is 3.31. The molecule has 0 fully saturated rings. The van der Waals surface area contributed by atoms with Crippen molar-refractivity contribution in [1.82, 2.24) is 10.6 Å². The number of nitrogens with one attached hydrogen (secondary N) is 2. The molecular formula is C23H26N2O3. The van der Waals surface area contributed by atoms with E-state index in [0.29, 0.717) is 24.5 Å².